The van der Waals surface area contributed by atoms with Crippen LogP contribution in [0.3, 0.4) is 0 Å². The maximum Gasteiger partial charge on any atom is 0.517 e. The molecule has 0 saturated heterocycles. The van der Waals surface area contributed by atoms with Crippen molar-refractivity contribution in [3.8, 4) is 6.07 Å². The first kappa shape index (κ1) is 11.7. The van der Waals surface area contributed by atoms with Crippen LogP contribution < -0.4 is 4.98 Å². The average Bonchev–Trinajstić information content (AvgIpc) is 3.09. The quantitative estimate of drug-likeness (QED) is 0.810. The molecule has 1 saturated carbocycles. The SMILES string of the molecule is N#CC(CC1CC1)c1c#[n+]c(C(F)(F)F)nc1. The molecule has 0 aliphatic heterocycles. The summed E-state index contributed by atoms with van der Waals surface area (Å²) in [4.78, 5) is 6.36. The summed E-state index contributed by atoms with van der Waals surface area (Å²) in [5, 5.41) is 8.94. The molecule has 0 N–H and O–H groups in total. The zero-order chi connectivity index (χ0) is 12.5. The molecular weight excluding hydrogens is 231 g/mol. The standard InChI is InChI=1S/C11H9F3N3/c12-11(13,14)10-16-5-9(6-17-10)8(4-15)3-7-1-2-7/h5,7-8H,1-3H2/q+1. The lowest BCUT2D eigenvalue weighted by atomic mass is 9.98. The second kappa shape index (κ2) is 4.21. The minimum absolute atomic E-state index is 0.340. The number of nitriles is 1. The number of halogens is 3. The van der Waals surface area contributed by atoms with Gasteiger partial charge in [0.15, 0.2) is 12.4 Å². The second-order valence-electron chi connectivity index (χ2n) is 4.12. The Morgan fingerprint density at radius 3 is 2.71 bits per heavy atom. The van der Waals surface area contributed by atoms with Crippen molar-refractivity contribution < 1.29 is 18.2 Å². The smallest absolute Gasteiger partial charge is 0.198 e. The lowest BCUT2D eigenvalue weighted by molar-refractivity contribution is -0.366. The molecule has 1 aromatic heterocycles. The van der Waals surface area contributed by atoms with E-state index in [0.29, 0.717) is 17.9 Å². The molecule has 0 aromatic carbocycles. The summed E-state index contributed by atoms with van der Waals surface area (Å²) in [6.07, 6.45) is 1.58. The highest BCUT2D eigenvalue weighted by Gasteiger charge is 2.44. The Hall–Kier alpha value is -1.82. The van der Waals surface area contributed by atoms with Crippen LogP contribution in [0.5, 0.6) is 0 Å². The highest BCUT2D eigenvalue weighted by atomic mass is 19.4. The second-order valence-corrected chi connectivity index (χ2v) is 4.12. The Labute approximate surface area is 96.3 Å². The lowest BCUT2D eigenvalue weighted by Crippen LogP contribution is -2.19. The van der Waals surface area contributed by atoms with Gasteiger partial charge < -0.3 is 0 Å². The van der Waals surface area contributed by atoms with Crippen LogP contribution in [-0.4, -0.2) is 4.98 Å². The van der Waals surface area contributed by atoms with Gasteiger partial charge in [-0.2, -0.15) is 18.4 Å². The Balaban J connectivity index is 2.13. The molecule has 1 aliphatic carbocycles. The van der Waals surface area contributed by atoms with Crippen LogP contribution in [0.25, 0.3) is 0 Å². The van der Waals surface area contributed by atoms with E-state index in [1.807, 2.05) is 0 Å². The molecule has 1 aromatic rings. The highest BCUT2D eigenvalue weighted by molar-refractivity contribution is 5.16. The maximum atomic E-state index is 12.2. The van der Waals surface area contributed by atoms with Gasteiger partial charge in [-0.15, -0.1) is 4.98 Å². The number of hydrogen-bond acceptors (Lipinski definition) is 2. The van der Waals surface area contributed by atoms with Gasteiger partial charge in [-0.25, -0.2) is 0 Å². The van der Waals surface area contributed by atoms with Crippen LogP contribution in [0.1, 0.15) is 36.6 Å². The largest absolute Gasteiger partial charge is 0.517 e. The monoisotopic (exact) mass is 240 g/mol. The molecule has 88 valence electrons. The van der Waals surface area contributed by atoms with Crippen molar-refractivity contribution in [3.63, 3.8) is 0 Å². The summed E-state index contributed by atoms with van der Waals surface area (Å²) in [7, 11) is 0. The van der Waals surface area contributed by atoms with Crippen molar-refractivity contribution in [3.05, 3.63) is 23.8 Å². The number of aromatic nitrogens is 2. The van der Waals surface area contributed by atoms with Crippen molar-refractivity contribution in [2.75, 3.05) is 0 Å². The number of alkyl halides is 3. The van der Waals surface area contributed by atoms with Crippen molar-refractivity contribution in [2.24, 2.45) is 5.92 Å². The van der Waals surface area contributed by atoms with Crippen molar-refractivity contribution >= 4 is 0 Å². The normalized spacial score (nSPS) is 17.1. The summed E-state index contributed by atoms with van der Waals surface area (Å²) in [5.41, 5.74) is 0.340. The summed E-state index contributed by atoms with van der Waals surface area (Å²) >= 11 is 0. The molecule has 1 heterocycles. The summed E-state index contributed by atoms with van der Waals surface area (Å²) in [6, 6.07) is 2.06. The fourth-order valence-corrected chi connectivity index (χ4v) is 1.55. The predicted octanol–water partition coefficient (Wildman–Crippen LogP) is 1.91. The summed E-state index contributed by atoms with van der Waals surface area (Å²) < 4.78 is 36.6. The van der Waals surface area contributed by atoms with E-state index >= 15 is 0 Å². The van der Waals surface area contributed by atoms with Gasteiger partial charge in [-0.3, -0.25) is 0 Å². The van der Waals surface area contributed by atoms with E-state index < -0.39 is 17.9 Å². The molecule has 0 spiro atoms. The van der Waals surface area contributed by atoms with E-state index in [2.05, 4.69) is 22.2 Å². The molecule has 17 heavy (non-hydrogen) atoms. The molecule has 2 rings (SSSR count). The van der Waals surface area contributed by atoms with Gasteiger partial charge in [-0.1, -0.05) is 12.8 Å². The van der Waals surface area contributed by atoms with Crippen LogP contribution in [0.15, 0.2) is 6.20 Å². The topological polar surface area (TPSA) is 50.8 Å². The zero-order valence-corrected chi connectivity index (χ0v) is 8.83. The van der Waals surface area contributed by atoms with Gasteiger partial charge in [0, 0.05) is 0 Å². The van der Waals surface area contributed by atoms with E-state index in [4.69, 9.17) is 5.26 Å². The van der Waals surface area contributed by atoms with Crippen LogP contribution in [0, 0.1) is 23.4 Å². The fourth-order valence-electron chi connectivity index (χ4n) is 1.55. The van der Waals surface area contributed by atoms with Crippen molar-refractivity contribution in [2.45, 2.75) is 31.4 Å². The molecule has 0 radical (unpaired) electrons. The first-order valence-electron chi connectivity index (χ1n) is 5.22. The Morgan fingerprint density at radius 1 is 1.59 bits per heavy atom. The Bertz CT molecular complexity index is 429. The van der Waals surface area contributed by atoms with Crippen LogP contribution in [-0.2, 0) is 6.18 Å². The molecule has 1 aliphatic rings. The van der Waals surface area contributed by atoms with Gasteiger partial charge in [-0.05, 0) is 17.3 Å². The number of nitrogens with zero attached hydrogens (tertiary/aromatic N) is 3. The van der Waals surface area contributed by atoms with Crippen LogP contribution in [0.2, 0.25) is 0 Å². The van der Waals surface area contributed by atoms with Gasteiger partial charge in [0.1, 0.15) is 5.56 Å². The molecule has 3 nitrogen and oxygen atoms in total. The fraction of sp³-hybridized carbons (Fsp3) is 0.545. The molecule has 0 amide bonds. The maximum absolute atomic E-state index is 12.2. The minimum atomic E-state index is -4.56. The Kier molecular flexibility index (Phi) is 2.89. The third kappa shape index (κ3) is 2.85. The van der Waals surface area contributed by atoms with Gasteiger partial charge in [0.2, 0.25) is 0 Å². The van der Waals surface area contributed by atoms with E-state index in [1.165, 1.54) is 0 Å². The molecule has 0 bridgehead atoms. The third-order valence-corrected chi connectivity index (χ3v) is 2.67. The highest BCUT2D eigenvalue weighted by Crippen LogP contribution is 2.37. The van der Waals surface area contributed by atoms with Crippen LogP contribution >= 0.6 is 0 Å². The molecular formula is C11H9F3N3+. The molecule has 1 fully saturated rings. The van der Waals surface area contributed by atoms with E-state index in [-0.39, 0.29) is 0 Å². The number of hydrogen-bond donors (Lipinski definition) is 0. The van der Waals surface area contributed by atoms with Crippen LogP contribution in [0.4, 0.5) is 13.2 Å². The zero-order valence-electron chi connectivity index (χ0n) is 8.83. The van der Waals surface area contributed by atoms with E-state index in [9.17, 15) is 13.2 Å². The van der Waals surface area contributed by atoms with Gasteiger partial charge in [0.25, 0.3) is 0 Å². The third-order valence-electron chi connectivity index (χ3n) is 2.67. The van der Waals surface area contributed by atoms with Gasteiger partial charge in [0.05, 0.1) is 12.0 Å². The van der Waals surface area contributed by atoms with Crippen molar-refractivity contribution in [1.82, 2.24) is 4.98 Å². The van der Waals surface area contributed by atoms with E-state index in [0.717, 1.165) is 19.0 Å². The van der Waals surface area contributed by atoms with E-state index in [1.54, 1.807) is 0 Å². The lowest BCUT2D eigenvalue weighted by Gasteiger charge is -2.01. The minimum Gasteiger partial charge on any atom is -0.198 e. The predicted molar refractivity (Wildman–Crippen MR) is 49.4 cm³/mol. The average molecular weight is 240 g/mol. The molecule has 6 heteroatoms. The first-order chi connectivity index (χ1) is 8.00. The first-order valence-corrected chi connectivity index (χ1v) is 5.22. The van der Waals surface area contributed by atoms with Gasteiger partial charge >= 0.3 is 12.0 Å². The number of rotatable bonds is 3. The molecule has 1 unspecified atom stereocenters. The summed E-state index contributed by atoms with van der Waals surface area (Å²) in [5.74, 6) is -1.16. The summed E-state index contributed by atoms with van der Waals surface area (Å²) in [6.45, 7) is 0. The Morgan fingerprint density at radius 2 is 2.29 bits per heavy atom. The van der Waals surface area contributed by atoms with Crippen molar-refractivity contribution in [1.29, 1.82) is 5.26 Å². The molecule has 1 atom stereocenters.